The predicted octanol–water partition coefficient (Wildman–Crippen LogP) is 7.00. The van der Waals surface area contributed by atoms with Gasteiger partial charge in [-0.2, -0.15) is 0 Å². The maximum Gasteiger partial charge on any atom is 0.405 e. The number of amides is 3. The van der Waals surface area contributed by atoms with E-state index in [2.05, 4.69) is 68.5 Å². The van der Waals surface area contributed by atoms with Gasteiger partial charge in [-0.3, -0.25) is 19.5 Å². The molecule has 2 saturated heterocycles. The lowest BCUT2D eigenvalue weighted by Crippen LogP contribution is -2.40. The number of carbonyl (C=O) groups is 3. The van der Waals surface area contributed by atoms with Crippen molar-refractivity contribution in [1.82, 2.24) is 39.6 Å². The minimum atomic E-state index is -1.13. The first-order chi connectivity index (χ1) is 27.7. The summed E-state index contributed by atoms with van der Waals surface area (Å²) in [6.45, 7) is 1.20. The second-order valence-corrected chi connectivity index (χ2v) is 14.7. The number of ether oxygens (including phenoxy) is 1. The number of likely N-dealkylation sites (tertiary alicyclic amines) is 2. The lowest BCUT2D eigenvalue weighted by atomic mass is 10.0. The van der Waals surface area contributed by atoms with Gasteiger partial charge in [0.1, 0.15) is 17.7 Å². The smallest absolute Gasteiger partial charge is 0.405 e. The molecule has 0 aliphatic carbocycles. The van der Waals surface area contributed by atoms with Gasteiger partial charge in [-0.25, -0.2) is 14.8 Å². The lowest BCUT2D eigenvalue weighted by molar-refractivity contribution is -0.141. The van der Waals surface area contributed by atoms with Crippen LogP contribution in [0.1, 0.15) is 72.8 Å². The molecule has 1 unspecified atom stereocenters. The molecule has 2 fully saturated rings. The average molecular weight is 764 g/mol. The van der Waals surface area contributed by atoms with E-state index in [1.165, 1.54) is 0 Å². The predicted molar refractivity (Wildman–Crippen MR) is 215 cm³/mol. The van der Waals surface area contributed by atoms with Crippen LogP contribution in [0.5, 0.6) is 0 Å². The van der Waals surface area contributed by atoms with Crippen molar-refractivity contribution >= 4 is 17.9 Å². The maximum atomic E-state index is 13.9. The van der Waals surface area contributed by atoms with Crippen molar-refractivity contribution in [2.24, 2.45) is 5.73 Å². The number of benzene rings is 3. The molecule has 3 amide bonds. The number of likely N-dealkylation sites (N-methyl/N-ethyl adjacent to an activating group) is 1. The van der Waals surface area contributed by atoms with Gasteiger partial charge in [0, 0.05) is 24.8 Å². The quantitative estimate of drug-likeness (QED) is 0.127. The molecule has 0 radical (unpaired) electrons. The number of primary amides is 1. The fourth-order valence-electron chi connectivity index (χ4n) is 8.08. The third kappa shape index (κ3) is 7.79. The van der Waals surface area contributed by atoms with Gasteiger partial charge in [-0.05, 0) is 74.2 Å². The van der Waals surface area contributed by atoms with E-state index >= 15 is 0 Å². The number of carbonyl (C=O) groups excluding carboxylic acids is 3. The highest BCUT2D eigenvalue weighted by molar-refractivity contribution is 5.85. The van der Waals surface area contributed by atoms with E-state index in [9.17, 15) is 14.4 Å². The first kappa shape index (κ1) is 37.3. The Hall–Kier alpha value is -6.60. The highest BCUT2D eigenvalue weighted by atomic mass is 16.6. The lowest BCUT2D eigenvalue weighted by Gasteiger charge is -2.30. The molecule has 0 bridgehead atoms. The molecule has 8 rings (SSSR count). The highest BCUT2D eigenvalue weighted by Gasteiger charge is 2.39. The van der Waals surface area contributed by atoms with E-state index in [0.29, 0.717) is 24.5 Å². The number of nitrogens with two attached hydrogens (primary N) is 1. The number of imidazole rings is 2. The van der Waals surface area contributed by atoms with Crippen LogP contribution in [0, 0.1) is 0 Å². The molecule has 0 saturated carbocycles. The van der Waals surface area contributed by atoms with Gasteiger partial charge in [0.05, 0.1) is 41.6 Å². The minimum Gasteiger partial charge on any atom is -0.431 e. The molecular weight excluding hydrogens is 719 g/mol. The van der Waals surface area contributed by atoms with Crippen molar-refractivity contribution in [3.05, 3.63) is 139 Å². The summed E-state index contributed by atoms with van der Waals surface area (Å²) < 4.78 is 5.30. The van der Waals surface area contributed by atoms with Crippen molar-refractivity contribution in [2.45, 2.75) is 49.9 Å². The van der Waals surface area contributed by atoms with E-state index in [0.717, 1.165) is 70.8 Å². The third-order valence-corrected chi connectivity index (χ3v) is 10.9. The Bertz CT molecular complexity index is 2330. The van der Waals surface area contributed by atoms with Crippen molar-refractivity contribution in [3.8, 4) is 33.6 Å². The number of pyridine rings is 1. The van der Waals surface area contributed by atoms with Crippen molar-refractivity contribution < 1.29 is 19.1 Å². The summed E-state index contributed by atoms with van der Waals surface area (Å²) in [5.74, 6) is 1.17. The Morgan fingerprint density at radius 2 is 1.19 bits per heavy atom. The molecule has 13 heteroatoms. The van der Waals surface area contributed by atoms with Crippen LogP contribution in [-0.2, 0) is 14.3 Å². The van der Waals surface area contributed by atoms with Crippen LogP contribution in [-0.4, -0.2) is 84.7 Å². The fourth-order valence-corrected chi connectivity index (χ4v) is 8.08. The number of rotatable bonds is 11. The molecule has 2 aliphatic heterocycles. The Morgan fingerprint density at radius 1 is 0.684 bits per heavy atom. The first-order valence-corrected chi connectivity index (χ1v) is 19.3. The summed E-state index contributed by atoms with van der Waals surface area (Å²) in [7, 11) is 3.82. The molecule has 3 aromatic heterocycles. The first-order valence-electron chi connectivity index (χ1n) is 19.3. The van der Waals surface area contributed by atoms with E-state index in [1.807, 2.05) is 54.4 Å². The molecule has 2 aliphatic rings. The molecule has 4 atom stereocenters. The number of hydrogen-bond acceptors (Lipinski definition) is 8. The van der Waals surface area contributed by atoms with Crippen molar-refractivity contribution in [3.63, 3.8) is 0 Å². The molecule has 5 heterocycles. The standard InChI is InChI=1S/C44H45N9O4/c1-51(2)38(33-12-6-7-23-46-33)42(54)52-24-8-13-36(52)40-47-26-34(49-40)30-19-15-28(16-20-30)29-17-21-31(22-18-29)35-27-48-41(50-35)37-14-9-25-53(37)43(55)39(57-44(45)56)32-10-4-3-5-11-32/h3-7,10-12,15-23,26-27,36-39H,8-9,13-14,24-25H2,1-2H3,(H2,45,56)(H,47,49)(H,48,50)/t36-,37-,38?,39+/m0/s1. The molecule has 290 valence electrons. The molecule has 3 aromatic carbocycles. The van der Waals surface area contributed by atoms with Crippen LogP contribution in [0.3, 0.4) is 0 Å². The number of aromatic amines is 2. The molecule has 13 nitrogen and oxygen atoms in total. The number of H-pyrrole nitrogens is 2. The zero-order chi connectivity index (χ0) is 39.5. The molecular formula is C44H45N9O4. The summed E-state index contributed by atoms with van der Waals surface area (Å²) in [5, 5.41) is 0. The van der Waals surface area contributed by atoms with Gasteiger partial charge in [0.25, 0.3) is 5.91 Å². The van der Waals surface area contributed by atoms with Gasteiger partial charge >= 0.3 is 6.09 Å². The van der Waals surface area contributed by atoms with Crippen LogP contribution in [0.4, 0.5) is 4.79 Å². The van der Waals surface area contributed by atoms with Crippen LogP contribution >= 0.6 is 0 Å². The van der Waals surface area contributed by atoms with E-state index in [-0.39, 0.29) is 23.9 Å². The van der Waals surface area contributed by atoms with Crippen molar-refractivity contribution in [2.75, 3.05) is 27.2 Å². The van der Waals surface area contributed by atoms with Crippen LogP contribution < -0.4 is 5.73 Å². The monoisotopic (exact) mass is 763 g/mol. The van der Waals surface area contributed by atoms with Crippen LogP contribution in [0.15, 0.2) is 116 Å². The minimum absolute atomic E-state index is 0.0286. The van der Waals surface area contributed by atoms with E-state index in [4.69, 9.17) is 15.5 Å². The van der Waals surface area contributed by atoms with Gasteiger partial charge in [-0.15, -0.1) is 0 Å². The van der Waals surface area contributed by atoms with Gasteiger partial charge in [0.2, 0.25) is 12.0 Å². The second kappa shape index (κ2) is 16.2. The summed E-state index contributed by atoms with van der Waals surface area (Å²) >= 11 is 0. The van der Waals surface area contributed by atoms with E-state index < -0.39 is 18.2 Å². The third-order valence-electron chi connectivity index (χ3n) is 10.9. The van der Waals surface area contributed by atoms with Gasteiger partial charge in [0.15, 0.2) is 0 Å². The Labute approximate surface area is 330 Å². The normalized spacial score (nSPS) is 17.8. The van der Waals surface area contributed by atoms with E-state index in [1.54, 1.807) is 41.6 Å². The van der Waals surface area contributed by atoms with Crippen molar-refractivity contribution in [1.29, 1.82) is 0 Å². The zero-order valence-corrected chi connectivity index (χ0v) is 31.9. The van der Waals surface area contributed by atoms with Crippen LogP contribution in [0.25, 0.3) is 33.6 Å². The Morgan fingerprint density at radius 3 is 1.68 bits per heavy atom. The molecule has 6 aromatic rings. The number of nitrogens with zero attached hydrogens (tertiary/aromatic N) is 6. The molecule has 4 N–H and O–H groups in total. The molecule has 57 heavy (non-hydrogen) atoms. The largest absolute Gasteiger partial charge is 0.431 e. The molecule has 0 spiro atoms. The topological polar surface area (TPSA) is 166 Å². The maximum absolute atomic E-state index is 13.9. The summed E-state index contributed by atoms with van der Waals surface area (Å²) in [6.07, 6.45) is 6.51. The van der Waals surface area contributed by atoms with Gasteiger partial charge in [-0.1, -0.05) is 84.9 Å². The highest BCUT2D eigenvalue weighted by Crippen LogP contribution is 2.37. The summed E-state index contributed by atoms with van der Waals surface area (Å²) in [5.41, 5.74) is 12.5. The van der Waals surface area contributed by atoms with Gasteiger partial charge < -0.3 is 30.2 Å². The Kier molecular flexibility index (Phi) is 10.6. The SMILES string of the molecule is CN(C)C(C(=O)N1CCC[C@H]1c1ncc(-c2ccc(-c3ccc(-c4cnc([C@@H]5CCCN5C(=O)[C@H](OC(N)=O)c5ccccc5)[nH]4)cc3)cc2)[nH]1)c1ccccn1. The summed E-state index contributed by atoms with van der Waals surface area (Å²) in [6, 6.07) is 30.3. The zero-order valence-electron chi connectivity index (χ0n) is 31.9. The average Bonchev–Trinajstić information content (AvgIpc) is 4.08. The summed E-state index contributed by atoms with van der Waals surface area (Å²) in [4.78, 5) is 65.7. The number of aromatic nitrogens is 5. The number of nitrogens with one attached hydrogen (secondary N) is 2. The number of hydrogen-bond donors (Lipinski definition) is 3. The Balaban J connectivity index is 0.930. The fraction of sp³-hybridized carbons (Fsp3) is 0.273. The van der Waals surface area contributed by atoms with Crippen LogP contribution in [0.2, 0.25) is 0 Å². The second-order valence-electron chi connectivity index (χ2n) is 14.7.